The molecule has 30 heavy (non-hydrogen) atoms. The molecule has 0 aliphatic carbocycles. The van der Waals surface area contributed by atoms with Gasteiger partial charge in [0.05, 0.1) is 4.92 Å². The average molecular weight is 430 g/mol. The number of nitro groups is 1. The van der Waals surface area contributed by atoms with Crippen LogP contribution in [0.5, 0.6) is 0 Å². The molecule has 1 saturated heterocycles. The van der Waals surface area contributed by atoms with Gasteiger partial charge in [0.15, 0.2) is 5.78 Å². The van der Waals surface area contributed by atoms with Crippen LogP contribution in [-0.2, 0) is 9.59 Å². The Morgan fingerprint density at radius 2 is 1.67 bits per heavy atom. The lowest BCUT2D eigenvalue weighted by atomic mass is 10.1. The van der Waals surface area contributed by atoms with Crippen molar-refractivity contribution in [1.82, 2.24) is 10.0 Å². The predicted octanol–water partition coefficient (Wildman–Crippen LogP) is 3.03. The summed E-state index contributed by atoms with van der Waals surface area (Å²) in [6, 6.07) is 10.8. The van der Waals surface area contributed by atoms with Crippen LogP contribution >= 0.6 is 11.6 Å². The second-order valence-electron chi connectivity index (χ2n) is 6.55. The minimum absolute atomic E-state index is 0.0185. The second kappa shape index (κ2) is 8.83. The van der Waals surface area contributed by atoms with Gasteiger partial charge in [-0.3, -0.25) is 29.3 Å². The number of halogens is 1. The summed E-state index contributed by atoms with van der Waals surface area (Å²) in [6.45, 7) is -0.639. The fourth-order valence-electron chi connectivity index (χ4n) is 3.01. The minimum Gasteiger partial charge on any atom is -0.292 e. The summed E-state index contributed by atoms with van der Waals surface area (Å²) < 4.78 is 0. The zero-order valence-electron chi connectivity index (χ0n) is 15.6. The average Bonchev–Trinajstić information content (AvgIpc) is 2.73. The van der Waals surface area contributed by atoms with Crippen LogP contribution in [0.1, 0.15) is 40.0 Å². The molecule has 10 heteroatoms. The maximum absolute atomic E-state index is 13.1. The molecule has 2 aromatic carbocycles. The number of nitro benzene ring substituents is 1. The van der Waals surface area contributed by atoms with E-state index in [-0.39, 0.29) is 29.7 Å². The number of carbonyl (C=O) groups excluding carboxylic acids is 4. The molecule has 3 rings (SSSR count). The second-order valence-corrected chi connectivity index (χ2v) is 6.99. The first-order chi connectivity index (χ1) is 14.3. The molecule has 1 aliphatic rings. The molecule has 0 unspecified atom stereocenters. The van der Waals surface area contributed by atoms with Crippen LogP contribution in [0.15, 0.2) is 48.5 Å². The van der Waals surface area contributed by atoms with Crippen LogP contribution in [0.3, 0.4) is 0 Å². The number of ketones is 1. The number of non-ortho nitro benzene ring substituents is 1. The standard InChI is InChI=1S/C20H16ClN3O6/c21-15-9-7-13(8-10-15)20(28)22(23-18(26)5-2-6-19(23)27)12-17(25)14-3-1-4-16(11-14)24(29)30/h1,3-4,7-11H,2,5-6,12H2. The zero-order valence-corrected chi connectivity index (χ0v) is 16.4. The molecular formula is C20H16ClN3O6. The van der Waals surface area contributed by atoms with Crippen LogP contribution in [0, 0.1) is 10.1 Å². The molecule has 0 atom stereocenters. The van der Waals surface area contributed by atoms with Crippen molar-refractivity contribution in [3.8, 4) is 0 Å². The van der Waals surface area contributed by atoms with Crippen LogP contribution in [0.2, 0.25) is 5.02 Å². The third-order valence-corrected chi connectivity index (χ3v) is 4.75. The van der Waals surface area contributed by atoms with E-state index in [2.05, 4.69) is 0 Å². The van der Waals surface area contributed by atoms with Crippen molar-refractivity contribution in [3.05, 3.63) is 74.8 Å². The topological polar surface area (TPSA) is 118 Å². The lowest BCUT2D eigenvalue weighted by molar-refractivity contribution is -0.384. The molecule has 9 nitrogen and oxygen atoms in total. The van der Waals surface area contributed by atoms with Gasteiger partial charge >= 0.3 is 0 Å². The van der Waals surface area contributed by atoms with E-state index in [4.69, 9.17) is 11.6 Å². The Labute approximate surface area is 175 Å². The first kappa shape index (κ1) is 21.1. The van der Waals surface area contributed by atoms with E-state index in [1.807, 2.05) is 0 Å². The SMILES string of the molecule is O=C(CN(C(=O)c1ccc(Cl)cc1)N1C(=O)CCCC1=O)c1cccc([N+](=O)[O-])c1. The van der Waals surface area contributed by atoms with Gasteiger partial charge in [0.25, 0.3) is 11.6 Å². The number of amides is 3. The van der Waals surface area contributed by atoms with E-state index < -0.39 is 35.0 Å². The van der Waals surface area contributed by atoms with Crippen molar-refractivity contribution in [2.45, 2.75) is 19.3 Å². The summed E-state index contributed by atoms with van der Waals surface area (Å²) in [5.41, 5.74) is -0.186. The van der Waals surface area contributed by atoms with E-state index in [0.717, 1.165) is 11.1 Å². The van der Waals surface area contributed by atoms with E-state index >= 15 is 0 Å². The number of hydrogen-bond donors (Lipinski definition) is 0. The number of hydrogen-bond acceptors (Lipinski definition) is 6. The quantitative estimate of drug-likeness (QED) is 0.301. The first-order valence-electron chi connectivity index (χ1n) is 8.98. The highest BCUT2D eigenvalue weighted by Gasteiger charge is 2.36. The van der Waals surface area contributed by atoms with Crippen molar-refractivity contribution in [1.29, 1.82) is 0 Å². The molecule has 0 N–H and O–H groups in total. The molecule has 154 valence electrons. The number of imide groups is 1. The lowest BCUT2D eigenvalue weighted by Crippen LogP contribution is -2.56. The van der Waals surface area contributed by atoms with Crippen molar-refractivity contribution < 1.29 is 24.1 Å². The normalized spacial score (nSPS) is 13.8. The molecule has 1 fully saturated rings. The van der Waals surface area contributed by atoms with Gasteiger partial charge in [0, 0.05) is 41.1 Å². The third kappa shape index (κ3) is 4.52. The molecule has 1 aliphatic heterocycles. The number of hydrazine groups is 1. The van der Waals surface area contributed by atoms with Crippen molar-refractivity contribution in [3.63, 3.8) is 0 Å². The van der Waals surface area contributed by atoms with Gasteiger partial charge in [-0.1, -0.05) is 23.7 Å². The van der Waals surface area contributed by atoms with Gasteiger partial charge in [-0.25, -0.2) is 5.01 Å². The highest BCUT2D eigenvalue weighted by atomic mass is 35.5. The van der Waals surface area contributed by atoms with Gasteiger partial charge in [0.1, 0.15) is 6.54 Å². The van der Waals surface area contributed by atoms with Crippen molar-refractivity contribution >= 4 is 40.8 Å². The molecule has 0 bridgehead atoms. The van der Waals surface area contributed by atoms with E-state index in [0.29, 0.717) is 16.5 Å². The largest absolute Gasteiger partial charge is 0.292 e. The molecule has 1 heterocycles. The van der Waals surface area contributed by atoms with Crippen LogP contribution in [-0.4, -0.2) is 45.0 Å². The maximum Gasteiger partial charge on any atom is 0.273 e. The number of Topliss-reactive ketones (excluding diaryl/α,β-unsaturated/α-hetero) is 1. The predicted molar refractivity (Wildman–Crippen MR) is 106 cm³/mol. The number of benzene rings is 2. The van der Waals surface area contributed by atoms with Gasteiger partial charge in [-0.05, 0) is 30.7 Å². The van der Waals surface area contributed by atoms with Gasteiger partial charge in [-0.2, -0.15) is 5.01 Å². The number of rotatable bonds is 6. The van der Waals surface area contributed by atoms with Crippen LogP contribution in [0.4, 0.5) is 5.69 Å². The van der Waals surface area contributed by atoms with Crippen LogP contribution < -0.4 is 0 Å². The summed E-state index contributed by atoms with van der Waals surface area (Å²) >= 11 is 5.84. The number of carbonyl (C=O) groups is 4. The fraction of sp³-hybridized carbons (Fsp3) is 0.200. The monoisotopic (exact) mass is 429 g/mol. The Morgan fingerprint density at radius 1 is 1.03 bits per heavy atom. The van der Waals surface area contributed by atoms with E-state index in [9.17, 15) is 29.3 Å². The summed E-state index contributed by atoms with van der Waals surface area (Å²) in [6.07, 6.45) is 0.470. The minimum atomic E-state index is -0.742. The molecule has 0 aromatic heterocycles. The molecule has 0 spiro atoms. The van der Waals surface area contributed by atoms with Crippen LogP contribution in [0.25, 0.3) is 0 Å². The van der Waals surface area contributed by atoms with E-state index in [1.54, 1.807) is 0 Å². The molecular weight excluding hydrogens is 414 g/mol. The molecule has 3 amide bonds. The Bertz CT molecular complexity index is 1020. The zero-order chi connectivity index (χ0) is 21.8. The third-order valence-electron chi connectivity index (χ3n) is 4.49. The summed E-state index contributed by atoms with van der Waals surface area (Å²) in [4.78, 5) is 61.0. The summed E-state index contributed by atoms with van der Waals surface area (Å²) in [5.74, 6) is -2.60. The van der Waals surface area contributed by atoms with Crippen molar-refractivity contribution in [2.75, 3.05) is 6.54 Å². The molecule has 0 radical (unpaired) electrons. The Morgan fingerprint density at radius 3 is 2.27 bits per heavy atom. The Kier molecular flexibility index (Phi) is 6.22. The maximum atomic E-state index is 13.1. The van der Waals surface area contributed by atoms with Gasteiger partial charge < -0.3 is 0 Å². The smallest absolute Gasteiger partial charge is 0.273 e. The van der Waals surface area contributed by atoms with Crippen molar-refractivity contribution in [2.24, 2.45) is 0 Å². The van der Waals surface area contributed by atoms with Gasteiger partial charge in [-0.15, -0.1) is 0 Å². The molecule has 2 aromatic rings. The summed E-state index contributed by atoms with van der Waals surface area (Å²) in [5, 5.41) is 12.8. The number of nitrogens with zero attached hydrogens (tertiary/aromatic N) is 3. The Hall–Kier alpha value is -3.59. The molecule has 0 saturated carbocycles. The first-order valence-corrected chi connectivity index (χ1v) is 9.36. The highest BCUT2D eigenvalue weighted by molar-refractivity contribution is 6.30. The highest BCUT2D eigenvalue weighted by Crippen LogP contribution is 2.20. The van der Waals surface area contributed by atoms with Gasteiger partial charge in [0.2, 0.25) is 11.8 Å². The fourth-order valence-corrected chi connectivity index (χ4v) is 3.13. The number of piperidine rings is 1. The summed E-state index contributed by atoms with van der Waals surface area (Å²) in [7, 11) is 0. The van der Waals surface area contributed by atoms with E-state index in [1.165, 1.54) is 42.5 Å². The Balaban J connectivity index is 1.95. The lowest BCUT2D eigenvalue weighted by Gasteiger charge is -2.35.